The van der Waals surface area contributed by atoms with Crippen molar-refractivity contribution in [2.45, 2.75) is 78.3 Å². The first-order chi connectivity index (χ1) is 11.8. The van der Waals surface area contributed by atoms with Gasteiger partial charge in [0.25, 0.3) is 0 Å². The lowest BCUT2D eigenvalue weighted by atomic mass is 10.1. The Balaban J connectivity index is 5.73. The minimum atomic E-state index is -4.36. The quantitative estimate of drug-likeness (QED) is 0.216. The second-order valence-electron chi connectivity index (χ2n) is 5.55. The third kappa shape index (κ3) is 6.71. The SMILES string of the molecule is CCCCCCCC(F)(P(=O)(OCC)OCC)P(=O)(OCC)OCC. The predicted molar refractivity (Wildman–Crippen MR) is 98.9 cm³/mol. The molecule has 0 rings (SSSR count). The molecule has 0 heterocycles. The van der Waals surface area contributed by atoms with Gasteiger partial charge in [0.05, 0.1) is 26.4 Å². The van der Waals surface area contributed by atoms with Crippen molar-refractivity contribution in [3.63, 3.8) is 0 Å². The fourth-order valence-corrected chi connectivity index (χ4v) is 7.58. The van der Waals surface area contributed by atoms with E-state index >= 15 is 4.39 Å². The monoisotopic (exact) mass is 404 g/mol. The summed E-state index contributed by atoms with van der Waals surface area (Å²) in [5, 5.41) is -2.82. The van der Waals surface area contributed by atoms with E-state index in [2.05, 4.69) is 6.92 Å². The summed E-state index contributed by atoms with van der Waals surface area (Å²) in [4.78, 5) is 0. The van der Waals surface area contributed by atoms with E-state index in [9.17, 15) is 9.13 Å². The zero-order valence-corrected chi connectivity index (χ0v) is 18.1. The first kappa shape index (κ1) is 25.2. The lowest BCUT2D eigenvalue weighted by molar-refractivity contribution is 0.129. The maximum absolute atomic E-state index is 16.1. The number of alkyl halides is 1. The van der Waals surface area contributed by atoms with E-state index in [0.717, 1.165) is 25.7 Å². The Bertz CT molecular complexity index is 396. The maximum atomic E-state index is 16.1. The highest BCUT2D eigenvalue weighted by atomic mass is 31.2. The van der Waals surface area contributed by atoms with Gasteiger partial charge in [0.15, 0.2) is 0 Å². The Morgan fingerprint density at radius 3 is 1.36 bits per heavy atom. The van der Waals surface area contributed by atoms with Gasteiger partial charge in [-0.05, 0) is 34.1 Å². The molecule has 0 atom stereocenters. The predicted octanol–water partition coefficient (Wildman–Crippen LogP) is 6.50. The highest BCUT2D eigenvalue weighted by molar-refractivity contribution is 7.73. The number of unbranched alkanes of at least 4 members (excludes halogenated alkanes) is 4. The van der Waals surface area contributed by atoms with E-state index in [1.807, 2.05) is 0 Å². The fraction of sp³-hybridized carbons (Fsp3) is 1.00. The van der Waals surface area contributed by atoms with Crippen LogP contribution < -0.4 is 0 Å². The van der Waals surface area contributed by atoms with Gasteiger partial charge in [-0.2, -0.15) is 0 Å². The van der Waals surface area contributed by atoms with Gasteiger partial charge in [0, 0.05) is 6.42 Å². The Morgan fingerprint density at radius 2 is 1.04 bits per heavy atom. The van der Waals surface area contributed by atoms with Gasteiger partial charge in [-0.1, -0.05) is 32.6 Å². The molecule has 0 aromatic carbocycles. The molecule has 0 aliphatic carbocycles. The smallest absolute Gasteiger partial charge is 0.306 e. The molecule has 0 radical (unpaired) electrons. The molecule has 0 N–H and O–H groups in total. The molecule has 0 unspecified atom stereocenters. The highest BCUT2D eigenvalue weighted by Gasteiger charge is 2.66. The van der Waals surface area contributed by atoms with Crippen molar-refractivity contribution in [1.29, 1.82) is 0 Å². The van der Waals surface area contributed by atoms with Crippen LogP contribution in [0, 0.1) is 0 Å². The van der Waals surface area contributed by atoms with E-state index < -0.39 is 20.3 Å². The van der Waals surface area contributed by atoms with Crippen LogP contribution in [0.2, 0.25) is 0 Å². The number of halogens is 1. The first-order valence-electron chi connectivity index (χ1n) is 9.28. The van der Waals surface area contributed by atoms with E-state index in [-0.39, 0.29) is 32.8 Å². The van der Waals surface area contributed by atoms with Crippen molar-refractivity contribution in [3.8, 4) is 0 Å². The molecule has 0 saturated heterocycles. The molecule has 0 bridgehead atoms. The third-order valence-electron chi connectivity index (χ3n) is 3.63. The number of hydrogen-bond acceptors (Lipinski definition) is 6. The standard InChI is InChI=1S/C16H35FO6P2/c1-6-11-12-13-14-15-16(17,24(18,20-7-2)21-8-3)25(19,22-9-4)23-10-5/h6-15H2,1-5H3. The summed E-state index contributed by atoms with van der Waals surface area (Å²) in [5.41, 5.74) is 0. The third-order valence-corrected chi connectivity index (χ3v) is 9.62. The zero-order chi connectivity index (χ0) is 19.4. The topological polar surface area (TPSA) is 71.1 Å². The van der Waals surface area contributed by atoms with E-state index in [1.54, 1.807) is 27.7 Å². The lowest BCUT2D eigenvalue weighted by Gasteiger charge is -2.36. The summed E-state index contributed by atoms with van der Waals surface area (Å²) in [7, 11) is -8.72. The number of hydrogen-bond donors (Lipinski definition) is 0. The average Bonchev–Trinajstić information content (AvgIpc) is 2.55. The Hall–Kier alpha value is 0.230. The van der Waals surface area contributed by atoms with Gasteiger partial charge in [0.2, 0.25) is 0 Å². The van der Waals surface area contributed by atoms with Crippen LogP contribution >= 0.6 is 15.2 Å². The van der Waals surface area contributed by atoms with Crippen LogP contribution in [0.1, 0.15) is 73.1 Å². The molecule has 0 aliphatic heterocycles. The van der Waals surface area contributed by atoms with Gasteiger partial charge in [-0.3, -0.25) is 9.13 Å². The molecule has 0 aromatic rings. The van der Waals surface area contributed by atoms with Crippen molar-refractivity contribution in [3.05, 3.63) is 0 Å². The molecule has 0 saturated carbocycles. The molecule has 0 fully saturated rings. The van der Waals surface area contributed by atoms with Crippen molar-refractivity contribution >= 4 is 15.2 Å². The van der Waals surface area contributed by atoms with Crippen LogP contribution in [0.4, 0.5) is 4.39 Å². The summed E-state index contributed by atoms with van der Waals surface area (Å²) in [6.07, 6.45) is 3.87. The summed E-state index contributed by atoms with van der Waals surface area (Å²) >= 11 is 0. The molecule has 0 amide bonds. The van der Waals surface area contributed by atoms with Crippen molar-refractivity contribution < 1.29 is 31.6 Å². The summed E-state index contributed by atoms with van der Waals surface area (Å²) in [6.45, 7) is 8.29. The van der Waals surface area contributed by atoms with Gasteiger partial charge >= 0.3 is 20.3 Å². The van der Waals surface area contributed by atoms with E-state index in [1.165, 1.54) is 0 Å². The first-order valence-corrected chi connectivity index (χ1v) is 12.4. The molecule has 6 nitrogen and oxygen atoms in total. The molecule has 0 aliphatic rings. The Morgan fingerprint density at radius 1 is 0.680 bits per heavy atom. The van der Waals surface area contributed by atoms with Gasteiger partial charge in [-0.25, -0.2) is 4.39 Å². The van der Waals surface area contributed by atoms with Gasteiger partial charge in [0.1, 0.15) is 0 Å². The molecule has 0 spiro atoms. The van der Waals surface area contributed by atoms with Gasteiger partial charge in [-0.15, -0.1) is 0 Å². The van der Waals surface area contributed by atoms with E-state index in [4.69, 9.17) is 18.1 Å². The van der Waals surface area contributed by atoms with Crippen LogP contribution in [-0.4, -0.2) is 31.6 Å². The minimum Gasteiger partial charge on any atom is -0.306 e. The molecule has 9 heteroatoms. The Kier molecular flexibility index (Phi) is 12.7. The molecular weight excluding hydrogens is 369 g/mol. The molecule has 0 aromatic heterocycles. The Labute approximate surface area is 152 Å². The summed E-state index contributed by atoms with van der Waals surface area (Å²) in [6, 6.07) is 0. The normalized spacial score (nSPS) is 13.4. The zero-order valence-electron chi connectivity index (χ0n) is 16.3. The fourth-order valence-electron chi connectivity index (χ4n) is 2.53. The molecule has 25 heavy (non-hydrogen) atoms. The van der Waals surface area contributed by atoms with Crippen LogP contribution in [0.15, 0.2) is 0 Å². The number of rotatable bonds is 16. The van der Waals surface area contributed by atoms with Crippen LogP contribution in [0.25, 0.3) is 0 Å². The second-order valence-corrected chi connectivity index (χ2v) is 10.3. The van der Waals surface area contributed by atoms with Crippen molar-refractivity contribution in [1.82, 2.24) is 0 Å². The summed E-state index contributed by atoms with van der Waals surface area (Å²) in [5.74, 6) is 0. The lowest BCUT2D eigenvalue weighted by Crippen LogP contribution is -2.29. The highest BCUT2D eigenvalue weighted by Crippen LogP contribution is 2.80. The largest absolute Gasteiger partial charge is 0.380 e. The summed E-state index contributed by atoms with van der Waals surface area (Å²) < 4.78 is 63.2. The van der Waals surface area contributed by atoms with Gasteiger partial charge < -0.3 is 18.1 Å². The van der Waals surface area contributed by atoms with Crippen LogP contribution in [-0.2, 0) is 27.2 Å². The maximum Gasteiger partial charge on any atom is 0.380 e. The molecular formula is C16H35FO6P2. The van der Waals surface area contributed by atoms with Crippen LogP contribution in [0.3, 0.4) is 0 Å². The minimum absolute atomic E-state index is 0.0307. The average molecular weight is 404 g/mol. The van der Waals surface area contributed by atoms with Crippen molar-refractivity contribution in [2.24, 2.45) is 0 Å². The van der Waals surface area contributed by atoms with Crippen molar-refractivity contribution in [2.75, 3.05) is 26.4 Å². The molecule has 152 valence electrons. The second kappa shape index (κ2) is 12.6. The van der Waals surface area contributed by atoms with E-state index in [0.29, 0.717) is 6.42 Å². The van der Waals surface area contributed by atoms with Crippen LogP contribution in [0.5, 0.6) is 0 Å².